The van der Waals surface area contributed by atoms with Gasteiger partial charge in [-0.25, -0.2) is 0 Å². The Kier molecular flexibility index (Phi) is 7.35. The van der Waals surface area contributed by atoms with Crippen molar-refractivity contribution in [2.45, 2.75) is 12.6 Å². The van der Waals surface area contributed by atoms with Crippen LogP contribution in [0.3, 0.4) is 0 Å². The first-order valence-corrected chi connectivity index (χ1v) is 12.9. The van der Waals surface area contributed by atoms with E-state index in [4.69, 9.17) is 10.5 Å². The van der Waals surface area contributed by atoms with Gasteiger partial charge in [0.25, 0.3) is 0 Å². The molecule has 9 heteroatoms. The van der Waals surface area contributed by atoms with Crippen molar-refractivity contribution in [3.63, 3.8) is 0 Å². The summed E-state index contributed by atoms with van der Waals surface area (Å²) < 4.78 is 70.4. The van der Waals surface area contributed by atoms with E-state index in [1.54, 1.807) is 18.2 Å². The minimum atomic E-state index is -4.88. The standard InChI is InChI=1S/C27H26F3N2O3S/c28-27(29,30)20-36(33,34)32(16-4-7-23(18-31)19-32)24-10-14-26(15-11-24)35-25-12-8-22(9-13-25)17-21-5-2-1-3-6-21/h1-15,19H,16-18,20,31H2/q+1. The average molecular weight is 516 g/mol. The van der Waals surface area contributed by atoms with Gasteiger partial charge in [0.2, 0.25) is 0 Å². The maximum absolute atomic E-state index is 13.2. The maximum Gasteiger partial charge on any atom is 0.408 e. The predicted molar refractivity (Wildman–Crippen MR) is 135 cm³/mol. The molecule has 1 heterocycles. The fourth-order valence-corrected chi connectivity index (χ4v) is 5.81. The van der Waals surface area contributed by atoms with E-state index in [-0.39, 0.29) is 18.8 Å². The number of nitrogens with zero attached hydrogens (tertiary/aromatic N) is 1. The van der Waals surface area contributed by atoms with Crippen molar-refractivity contribution < 1.29 is 26.3 Å². The maximum atomic E-state index is 13.2. The monoisotopic (exact) mass is 515 g/mol. The summed E-state index contributed by atoms with van der Waals surface area (Å²) in [5.74, 6) is -0.939. The Bertz CT molecular complexity index is 1350. The molecule has 0 spiro atoms. The fraction of sp³-hybridized carbons (Fsp3) is 0.185. The van der Waals surface area contributed by atoms with Crippen molar-refractivity contribution >= 4 is 15.7 Å². The molecule has 0 bridgehead atoms. The summed E-state index contributed by atoms with van der Waals surface area (Å²) in [6.07, 6.45) is 0.338. The lowest BCUT2D eigenvalue weighted by Gasteiger charge is -2.34. The van der Waals surface area contributed by atoms with Gasteiger partial charge >= 0.3 is 16.2 Å². The largest absolute Gasteiger partial charge is 0.457 e. The fourth-order valence-electron chi connectivity index (χ4n) is 4.11. The lowest BCUT2D eigenvalue weighted by atomic mass is 10.1. The van der Waals surface area contributed by atoms with Crippen molar-refractivity contribution in [2.75, 3.05) is 18.8 Å². The van der Waals surface area contributed by atoms with Gasteiger partial charge in [0.05, 0.1) is 0 Å². The molecule has 188 valence electrons. The Morgan fingerprint density at radius 2 is 1.44 bits per heavy atom. The molecule has 3 aromatic rings. The number of nitrogens with two attached hydrogens (primary N) is 1. The van der Waals surface area contributed by atoms with Gasteiger partial charge in [0.15, 0.2) is 11.4 Å². The molecule has 4 rings (SSSR count). The van der Waals surface area contributed by atoms with Crippen LogP contribution in [0.15, 0.2) is 103 Å². The Morgan fingerprint density at radius 3 is 2.03 bits per heavy atom. The molecule has 0 saturated heterocycles. The highest BCUT2D eigenvalue weighted by Crippen LogP contribution is 2.36. The van der Waals surface area contributed by atoms with Gasteiger partial charge in [-0.2, -0.15) is 25.5 Å². The highest BCUT2D eigenvalue weighted by atomic mass is 32.2. The van der Waals surface area contributed by atoms with Crippen molar-refractivity contribution in [1.29, 1.82) is 0 Å². The summed E-state index contributed by atoms with van der Waals surface area (Å²) >= 11 is 0. The molecule has 2 N–H and O–H groups in total. The highest BCUT2D eigenvalue weighted by molar-refractivity contribution is 7.91. The third-order valence-electron chi connectivity index (χ3n) is 5.84. The van der Waals surface area contributed by atoms with Gasteiger partial charge in [-0.1, -0.05) is 48.5 Å². The van der Waals surface area contributed by atoms with E-state index >= 15 is 0 Å². The van der Waals surface area contributed by atoms with Crippen LogP contribution in [-0.2, 0) is 16.4 Å². The first-order chi connectivity index (χ1) is 17.1. The van der Waals surface area contributed by atoms with E-state index in [0.717, 1.165) is 12.0 Å². The quantitative estimate of drug-likeness (QED) is 0.392. The zero-order chi connectivity index (χ0) is 25.8. The molecule has 1 aliphatic rings. The van der Waals surface area contributed by atoms with Crippen molar-refractivity contribution in [1.82, 2.24) is 3.89 Å². The summed E-state index contributed by atoms with van der Waals surface area (Å²) in [5.41, 5.74) is 8.58. The van der Waals surface area contributed by atoms with E-state index in [1.807, 2.05) is 42.5 Å². The Morgan fingerprint density at radius 1 is 0.861 bits per heavy atom. The number of rotatable bonds is 8. The Labute approximate surface area is 208 Å². The van der Waals surface area contributed by atoms with Gasteiger partial charge in [-0.05, 0) is 47.9 Å². The third-order valence-corrected chi connectivity index (χ3v) is 8.00. The molecule has 0 aromatic heterocycles. The van der Waals surface area contributed by atoms with Crippen LogP contribution in [0.25, 0.3) is 0 Å². The second kappa shape index (κ2) is 10.3. The number of hydrogen-bond acceptors (Lipinski definition) is 4. The second-order valence-electron chi connectivity index (χ2n) is 8.53. The summed E-state index contributed by atoms with van der Waals surface area (Å²) in [5, 5.41) is 0. The second-order valence-corrected chi connectivity index (χ2v) is 10.6. The lowest BCUT2D eigenvalue weighted by Crippen LogP contribution is -2.54. The zero-order valence-corrected chi connectivity index (χ0v) is 20.2. The van der Waals surface area contributed by atoms with Crippen LogP contribution >= 0.6 is 0 Å². The summed E-state index contributed by atoms with van der Waals surface area (Å²) in [6.45, 7) is -0.176. The van der Waals surface area contributed by atoms with Crippen molar-refractivity contribution in [3.8, 4) is 11.5 Å². The smallest absolute Gasteiger partial charge is 0.408 e. The first kappa shape index (κ1) is 25.7. The zero-order valence-electron chi connectivity index (χ0n) is 19.4. The van der Waals surface area contributed by atoms with Crippen LogP contribution in [0.2, 0.25) is 0 Å². The number of ether oxygens (including phenoxy) is 1. The van der Waals surface area contributed by atoms with Gasteiger partial charge in [0.1, 0.15) is 24.2 Å². The molecule has 3 aromatic carbocycles. The predicted octanol–water partition coefficient (Wildman–Crippen LogP) is 5.68. The molecular weight excluding hydrogens is 489 g/mol. The van der Waals surface area contributed by atoms with E-state index < -0.39 is 25.8 Å². The van der Waals surface area contributed by atoms with Crippen LogP contribution in [-0.4, -0.2) is 33.4 Å². The molecule has 1 aliphatic heterocycles. The van der Waals surface area contributed by atoms with Crippen LogP contribution in [0.1, 0.15) is 11.1 Å². The number of quaternary nitrogens is 1. The van der Waals surface area contributed by atoms with Gasteiger partial charge in [-0.15, -0.1) is 0 Å². The molecule has 0 fully saturated rings. The van der Waals surface area contributed by atoms with Crippen LogP contribution in [0.4, 0.5) is 18.9 Å². The molecule has 0 amide bonds. The summed E-state index contributed by atoms with van der Waals surface area (Å²) in [7, 11) is -4.71. The van der Waals surface area contributed by atoms with E-state index in [9.17, 15) is 21.6 Å². The van der Waals surface area contributed by atoms with Gasteiger partial charge in [0, 0.05) is 24.3 Å². The number of alkyl halides is 3. The van der Waals surface area contributed by atoms with Crippen molar-refractivity contribution in [3.05, 3.63) is 114 Å². The number of halogens is 3. The molecule has 1 unspecified atom stereocenters. The molecular formula is C27H26F3N2O3S+. The van der Waals surface area contributed by atoms with Gasteiger partial charge < -0.3 is 10.5 Å². The Hall–Kier alpha value is -3.40. The Balaban J connectivity index is 1.56. The minimum Gasteiger partial charge on any atom is -0.457 e. The van der Waals surface area contributed by atoms with E-state index in [1.165, 1.54) is 30.0 Å². The number of benzene rings is 3. The molecule has 36 heavy (non-hydrogen) atoms. The van der Waals surface area contributed by atoms with Crippen LogP contribution < -0.4 is 14.4 Å². The molecule has 0 aliphatic carbocycles. The molecule has 5 nitrogen and oxygen atoms in total. The molecule has 0 radical (unpaired) electrons. The summed E-state index contributed by atoms with van der Waals surface area (Å²) in [6, 6.07) is 23.7. The molecule has 1 atom stereocenters. The average Bonchev–Trinajstić information content (AvgIpc) is 2.85. The topological polar surface area (TPSA) is 69.4 Å². The number of hydrogen-bond donors (Lipinski definition) is 1. The summed E-state index contributed by atoms with van der Waals surface area (Å²) in [4.78, 5) is 0. The van der Waals surface area contributed by atoms with Crippen LogP contribution in [0, 0.1) is 0 Å². The first-order valence-electron chi connectivity index (χ1n) is 11.3. The van der Waals surface area contributed by atoms with Crippen molar-refractivity contribution in [2.24, 2.45) is 5.73 Å². The minimum absolute atomic E-state index is 0.000496. The van der Waals surface area contributed by atoms with E-state index in [2.05, 4.69) is 12.1 Å². The third kappa shape index (κ3) is 5.87. The highest BCUT2D eigenvalue weighted by Gasteiger charge is 2.50. The van der Waals surface area contributed by atoms with E-state index in [0.29, 0.717) is 17.1 Å². The SMILES string of the molecule is NCC1=C[N+](c2ccc(Oc3ccc(Cc4ccccc4)cc3)cc2)(S(=O)(=O)CC(F)(F)F)CC=C1. The molecule has 0 saturated carbocycles. The van der Waals surface area contributed by atoms with Gasteiger partial charge in [-0.3, -0.25) is 0 Å². The lowest BCUT2D eigenvalue weighted by molar-refractivity contribution is -0.106. The number of sulfonamides is 1. The van der Waals surface area contributed by atoms with Crippen LogP contribution in [0.5, 0.6) is 11.5 Å². The normalized spacial score (nSPS) is 18.1.